The van der Waals surface area contributed by atoms with E-state index < -0.39 is 0 Å². The van der Waals surface area contributed by atoms with Gasteiger partial charge in [0, 0.05) is 6.54 Å². The summed E-state index contributed by atoms with van der Waals surface area (Å²) in [5.74, 6) is 0.143. The van der Waals surface area contributed by atoms with Crippen LogP contribution in [0.3, 0.4) is 0 Å². The second kappa shape index (κ2) is 4.77. The van der Waals surface area contributed by atoms with Gasteiger partial charge in [0.15, 0.2) is 0 Å². The third-order valence-corrected chi connectivity index (χ3v) is 3.58. The molecule has 1 saturated heterocycles. The minimum atomic E-state index is 0.0520. The number of thiophene rings is 1. The van der Waals surface area contributed by atoms with Crippen LogP contribution in [0.15, 0.2) is 16.8 Å². The van der Waals surface area contributed by atoms with Gasteiger partial charge in [0.1, 0.15) is 0 Å². The largest absolute Gasteiger partial charge is 0.394 e. The molecule has 1 fully saturated rings. The van der Waals surface area contributed by atoms with Gasteiger partial charge in [0.25, 0.3) is 0 Å². The Bertz CT molecular complexity index is 323. The van der Waals surface area contributed by atoms with Crippen LogP contribution >= 0.6 is 11.3 Å². The molecule has 0 saturated carbocycles. The monoisotopic (exact) mass is 225 g/mol. The molecule has 15 heavy (non-hydrogen) atoms. The summed E-state index contributed by atoms with van der Waals surface area (Å²) >= 11 is 1.61. The third kappa shape index (κ3) is 2.38. The molecule has 0 bridgehead atoms. The molecule has 0 spiro atoms. The second-order valence-electron chi connectivity index (χ2n) is 3.87. The fraction of sp³-hybridized carbons (Fsp3) is 0.545. The zero-order valence-corrected chi connectivity index (χ0v) is 9.37. The molecule has 1 aromatic heterocycles. The zero-order chi connectivity index (χ0) is 10.7. The van der Waals surface area contributed by atoms with Gasteiger partial charge in [0.2, 0.25) is 5.91 Å². The Morgan fingerprint density at radius 3 is 3.20 bits per heavy atom. The first-order chi connectivity index (χ1) is 7.31. The van der Waals surface area contributed by atoms with Crippen molar-refractivity contribution in [2.75, 3.05) is 13.2 Å². The molecular formula is C11H15NO2S. The Labute approximate surface area is 93.3 Å². The van der Waals surface area contributed by atoms with E-state index in [-0.39, 0.29) is 18.6 Å². The number of hydrogen-bond acceptors (Lipinski definition) is 3. The summed E-state index contributed by atoms with van der Waals surface area (Å²) < 4.78 is 0. The number of carbonyl (C=O) groups is 1. The Hall–Kier alpha value is -0.870. The average molecular weight is 225 g/mol. The first-order valence-corrected chi connectivity index (χ1v) is 6.17. The van der Waals surface area contributed by atoms with Gasteiger partial charge in [-0.2, -0.15) is 11.3 Å². The lowest BCUT2D eigenvalue weighted by atomic mass is 10.2. The Morgan fingerprint density at radius 1 is 1.67 bits per heavy atom. The fourth-order valence-corrected chi connectivity index (χ4v) is 2.69. The van der Waals surface area contributed by atoms with Crippen LogP contribution in [0, 0.1) is 0 Å². The molecule has 2 rings (SSSR count). The molecule has 3 nitrogen and oxygen atoms in total. The standard InChI is InChI=1S/C11H15NO2S/c13-7-10-2-1-4-12(10)11(14)6-9-3-5-15-8-9/h3,5,8,10,13H,1-2,4,6-7H2/t10-/m0/s1. The van der Waals surface area contributed by atoms with Gasteiger partial charge < -0.3 is 10.0 Å². The molecule has 1 N–H and O–H groups in total. The molecule has 0 radical (unpaired) electrons. The molecule has 1 aromatic rings. The van der Waals surface area contributed by atoms with Gasteiger partial charge in [0.05, 0.1) is 19.1 Å². The lowest BCUT2D eigenvalue weighted by molar-refractivity contribution is -0.131. The highest BCUT2D eigenvalue weighted by atomic mass is 32.1. The SMILES string of the molecule is O=C(Cc1ccsc1)N1CCC[C@H]1CO. The highest BCUT2D eigenvalue weighted by Gasteiger charge is 2.27. The molecule has 1 aliphatic rings. The van der Waals surface area contributed by atoms with Gasteiger partial charge >= 0.3 is 0 Å². The predicted octanol–water partition coefficient (Wildman–Crippen LogP) is 1.27. The van der Waals surface area contributed by atoms with Crippen molar-refractivity contribution in [1.82, 2.24) is 4.90 Å². The predicted molar refractivity (Wildman–Crippen MR) is 59.8 cm³/mol. The fourth-order valence-electron chi connectivity index (χ4n) is 2.02. The van der Waals surface area contributed by atoms with Crippen molar-refractivity contribution >= 4 is 17.2 Å². The summed E-state index contributed by atoms with van der Waals surface area (Å²) in [6, 6.07) is 2.03. The van der Waals surface area contributed by atoms with Crippen LogP contribution in [0.1, 0.15) is 18.4 Å². The number of aliphatic hydroxyl groups is 1. The van der Waals surface area contributed by atoms with Crippen molar-refractivity contribution in [3.63, 3.8) is 0 Å². The number of hydrogen-bond donors (Lipinski definition) is 1. The lowest BCUT2D eigenvalue weighted by Crippen LogP contribution is -2.38. The van der Waals surface area contributed by atoms with E-state index in [2.05, 4.69) is 0 Å². The van der Waals surface area contributed by atoms with E-state index in [4.69, 9.17) is 5.11 Å². The van der Waals surface area contributed by atoms with Gasteiger partial charge in [-0.25, -0.2) is 0 Å². The van der Waals surface area contributed by atoms with E-state index in [9.17, 15) is 4.79 Å². The summed E-state index contributed by atoms with van der Waals surface area (Å²) in [4.78, 5) is 13.7. The summed E-state index contributed by atoms with van der Waals surface area (Å²) in [5, 5.41) is 13.1. The molecule has 1 amide bonds. The van der Waals surface area contributed by atoms with E-state index in [1.54, 1.807) is 11.3 Å². The van der Waals surface area contributed by atoms with Crippen molar-refractivity contribution in [3.05, 3.63) is 22.4 Å². The number of aliphatic hydroxyl groups excluding tert-OH is 1. The Balaban J connectivity index is 1.96. The van der Waals surface area contributed by atoms with Gasteiger partial charge in [-0.1, -0.05) is 0 Å². The maximum atomic E-state index is 11.9. The maximum absolute atomic E-state index is 11.9. The van der Waals surface area contributed by atoms with Gasteiger partial charge in [-0.05, 0) is 35.2 Å². The number of rotatable bonds is 3. The topological polar surface area (TPSA) is 40.5 Å². The molecule has 4 heteroatoms. The average Bonchev–Trinajstić information content (AvgIpc) is 2.86. The summed E-state index contributed by atoms with van der Waals surface area (Å²) in [6.45, 7) is 0.892. The van der Waals surface area contributed by atoms with E-state index in [0.29, 0.717) is 6.42 Å². The third-order valence-electron chi connectivity index (χ3n) is 2.84. The summed E-state index contributed by atoms with van der Waals surface area (Å²) in [6.07, 6.45) is 2.42. The first-order valence-electron chi connectivity index (χ1n) is 5.22. The highest BCUT2D eigenvalue weighted by molar-refractivity contribution is 7.07. The molecule has 1 aliphatic heterocycles. The quantitative estimate of drug-likeness (QED) is 0.841. The van der Waals surface area contributed by atoms with Crippen LogP contribution < -0.4 is 0 Å². The highest BCUT2D eigenvalue weighted by Crippen LogP contribution is 2.18. The van der Waals surface area contributed by atoms with Gasteiger partial charge in [-0.15, -0.1) is 0 Å². The van der Waals surface area contributed by atoms with Crippen molar-refractivity contribution in [2.45, 2.75) is 25.3 Å². The van der Waals surface area contributed by atoms with Crippen LogP contribution in [0.4, 0.5) is 0 Å². The molecular weight excluding hydrogens is 210 g/mol. The second-order valence-corrected chi connectivity index (χ2v) is 4.65. The van der Waals surface area contributed by atoms with E-state index in [1.807, 2.05) is 21.7 Å². The Morgan fingerprint density at radius 2 is 2.53 bits per heavy atom. The molecule has 0 aromatic carbocycles. The van der Waals surface area contributed by atoms with Crippen LogP contribution in [0.2, 0.25) is 0 Å². The number of nitrogens with zero attached hydrogens (tertiary/aromatic N) is 1. The molecule has 0 aliphatic carbocycles. The van der Waals surface area contributed by atoms with Crippen molar-refractivity contribution in [1.29, 1.82) is 0 Å². The smallest absolute Gasteiger partial charge is 0.227 e. The maximum Gasteiger partial charge on any atom is 0.227 e. The number of amides is 1. The normalized spacial score (nSPS) is 20.9. The van der Waals surface area contributed by atoms with Crippen LogP contribution in [0.5, 0.6) is 0 Å². The van der Waals surface area contributed by atoms with E-state index in [0.717, 1.165) is 24.9 Å². The van der Waals surface area contributed by atoms with Crippen molar-refractivity contribution < 1.29 is 9.90 Å². The van der Waals surface area contributed by atoms with Crippen molar-refractivity contribution in [3.8, 4) is 0 Å². The Kier molecular flexibility index (Phi) is 3.38. The molecule has 1 atom stereocenters. The van der Waals surface area contributed by atoms with E-state index >= 15 is 0 Å². The number of carbonyl (C=O) groups excluding carboxylic acids is 1. The zero-order valence-electron chi connectivity index (χ0n) is 8.56. The van der Waals surface area contributed by atoms with Gasteiger partial charge in [-0.3, -0.25) is 4.79 Å². The summed E-state index contributed by atoms with van der Waals surface area (Å²) in [5.41, 5.74) is 1.08. The molecule has 2 heterocycles. The van der Waals surface area contributed by atoms with Crippen LogP contribution in [0.25, 0.3) is 0 Å². The lowest BCUT2D eigenvalue weighted by Gasteiger charge is -2.22. The minimum absolute atomic E-state index is 0.0520. The first kappa shape index (κ1) is 10.6. The summed E-state index contributed by atoms with van der Waals surface area (Å²) in [7, 11) is 0. The minimum Gasteiger partial charge on any atom is -0.394 e. The van der Waals surface area contributed by atoms with Crippen LogP contribution in [-0.2, 0) is 11.2 Å². The molecule has 82 valence electrons. The molecule has 0 unspecified atom stereocenters. The van der Waals surface area contributed by atoms with E-state index in [1.165, 1.54) is 0 Å². The van der Waals surface area contributed by atoms with Crippen molar-refractivity contribution in [2.24, 2.45) is 0 Å². The number of likely N-dealkylation sites (tertiary alicyclic amines) is 1. The van der Waals surface area contributed by atoms with Crippen LogP contribution in [-0.4, -0.2) is 35.1 Å².